The average molecular weight is 864 g/mol. The first-order chi connectivity index (χ1) is 25.7. The van der Waals surface area contributed by atoms with E-state index in [-0.39, 0.29) is 101 Å². The molecule has 6 aliphatic heterocycles. The van der Waals surface area contributed by atoms with Crippen molar-refractivity contribution in [1.82, 2.24) is 0 Å². The van der Waals surface area contributed by atoms with E-state index >= 15 is 0 Å². The van der Waals surface area contributed by atoms with E-state index in [9.17, 15) is 59.4 Å². The number of carbonyl (C=O) groups is 6. The van der Waals surface area contributed by atoms with Gasteiger partial charge in [-0.3, -0.25) is 0 Å². The molecule has 284 valence electrons. The van der Waals surface area contributed by atoms with Gasteiger partial charge in [0.25, 0.3) is 0 Å². The molecule has 0 aliphatic carbocycles. The molecule has 0 unspecified atom stereocenters. The maximum absolute atomic E-state index is 10.7. The molecular weight excluding hydrogens is 845 g/mol. The van der Waals surface area contributed by atoms with Crippen LogP contribution in [0.3, 0.4) is 0 Å². The number of carboxylic acid groups (broad SMARTS) is 6. The van der Waals surface area contributed by atoms with Gasteiger partial charge in [-0.25, -0.2) is 0 Å². The van der Waals surface area contributed by atoms with Crippen LogP contribution in [0.2, 0.25) is 0 Å². The number of hydrogen-bond acceptors (Lipinski definition) is 12. The van der Waals surface area contributed by atoms with Gasteiger partial charge in [0.2, 0.25) is 0 Å². The summed E-state index contributed by atoms with van der Waals surface area (Å²) in [6.07, 6.45) is 23.0. The molecule has 0 saturated carbocycles. The van der Waals surface area contributed by atoms with E-state index in [1.54, 1.807) is 0 Å². The van der Waals surface area contributed by atoms with Crippen LogP contribution in [-0.4, -0.2) is 35.8 Å². The summed E-state index contributed by atoms with van der Waals surface area (Å²) in [6, 6.07) is 0. The summed E-state index contributed by atoms with van der Waals surface area (Å²) in [7, 11) is 0. The number of hydrogen-bond donors (Lipinski definition) is 0. The van der Waals surface area contributed by atoms with E-state index in [1.165, 1.54) is 110 Å². The van der Waals surface area contributed by atoms with E-state index in [0.29, 0.717) is 0 Å². The van der Waals surface area contributed by atoms with Gasteiger partial charge in [-0.15, -0.1) is 0 Å². The SMILES string of the molecule is O=C([O-])C1=C/C(=C2\C=C(C(=O)[O-])C=C[N-]2)[N-]C=C1.O=C([O-])C1=C/C(=C2\C=C(C(=O)[O-])C=C[N-]2)[N-]C=C1.O=C([O-])C1=C/C(=C2\C=C(C(=O)[O-])C=C[N-]2)[N-]C=C1.[Cl-].[H+].[Ru+8]. The van der Waals surface area contributed by atoms with E-state index in [4.69, 9.17) is 0 Å². The van der Waals surface area contributed by atoms with Crippen LogP contribution in [0.5, 0.6) is 0 Å². The zero-order valence-electron chi connectivity index (χ0n) is 28.7. The first-order valence-electron chi connectivity index (χ1n) is 14.8. The molecule has 20 heteroatoms. The summed E-state index contributed by atoms with van der Waals surface area (Å²) in [5, 5.41) is 87.7. The van der Waals surface area contributed by atoms with Crippen molar-refractivity contribution < 1.29 is 92.7 Å². The van der Waals surface area contributed by atoms with Gasteiger partial charge < -0.3 is 104 Å². The van der Waals surface area contributed by atoms with Crippen molar-refractivity contribution in [1.29, 1.82) is 0 Å². The predicted octanol–water partition coefficient (Wildman–Crippen LogP) is -4.83. The minimum atomic E-state index is -1.34. The molecule has 6 aliphatic rings. The van der Waals surface area contributed by atoms with Crippen molar-refractivity contribution in [2.45, 2.75) is 0 Å². The van der Waals surface area contributed by atoms with Crippen LogP contribution in [0.1, 0.15) is 1.43 Å². The van der Waals surface area contributed by atoms with Crippen molar-refractivity contribution in [3.05, 3.63) is 210 Å². The minimum Gasteiger partial charge on any atom is -1.00 e. The van der Waals surface area contributed by atoms with Gasteiger partial charge in [-0.1, -0.05) is 72.9 Å². The summed E-state index contributed by atoms with van der Waals surface area (Å²) < 4.78 is 0. The first kappa shape index (κ1) is 44.8. The summed E-state index contributed by atoms with van der Waals surface area (Å²) in [6.45, 7) is 0. The van der Waals surface area contributed by atoms with E-state index in [0.717, 1.165) is 0 Å². The second-order valence-electron chi connectivity index (χ2n) is 10.3. The minimum absolute atomic E-state index is 0. The quantitative estimate of drug-likeness (QED) is 0.227. The van der Waals surface area contributed by atoms with Gasteiger partial charge in [0.15, 0.2) is 0 Å². The molecule has 0 aromatic rings. The smallest absolute Gasteiger partial charge is 1.00 e. The Bertz CT molecular complexity index is 1810. The van der Waals surface area contributed by atoms with Crippen molar-refractivity contribution in [2.75, 3.05) is 0 Å². The number of carboxylic acids is 6. The first-order valence-corrected chi connectivity index (χ1v) is 14.8. The largest absolute Gasteiger partial charge is 8.00 e. The van der Waals surface area contributed by atoms with E-state index in [2.05, 4.69) is 31.9 Å². The molecule has 0 atom stereocenters. The Kier molecular flexibility index (Phi) is 16.6. The third-order valence-electron chi connectivity index (χ3n) is 6.76. The van der Waals surface area contributed by atoms with E-state index < -0.39 is 35.8 Å². The maximum Gasteiger partial charge on any atom is 8.00 e. The molecule has 0 N–H and O–H groups in total. The van der Waals surface area contributed by atoms with Gasteiger partial charge in [-0.05, 0) is 33.4 Å². The Morgan fingerprint density at radius 1 is 0.321 bits per heavy atom. The van der Waals surface area contributed by atoms with Crippen LogP contribution >= 0.6 is 0 Å². The normalized spacial score (nSPS) is 20.8. The monoisotopic (exact) mass is 864 g/mol. The van der Waals surface area contributed by atoms with Gasteiger partial charge in [0.05, 0.1) is 35.8 Å². The number of halogens is 1. The van der Waals surface area contributed by atoms with Crippen LogP contribution < -0.4 is 43.0 Å². The van der Waals surface area contributed by atoms with Gasteiger partial charge in [0.1, 0.15) is 0 Å². The fraction of sp³-hybridized carbons (Fsp3) is 0. The zero-order chi connectivity index (χ0) is 39.4. The number of carbonyl (C=O) groups excluding carboxylic acids is 6. The molecule has 0 fully saturated rings. The zero-order valence-corrected chi connectivity index (χ0v) is 30.2. The number of rotatable bonds is 6. The van der Waals surface area contributed by atoms with Gasteiger partial charge in [-0.2, -0.15) is 71.4 Å². The predicted molar refractivity (Wildman–Crippen MR) is 176 cm³/mol. The van der Waals surface area contributed by atoms with Crippen LogP contribution in [0.25, 0.3) is 31.9 Å². The standard InChI is InChI=1S/3C12H8N2O4.ClH.Ru/c3*15-11(16)7-1-3-13-9(5-7)10-6-8(12(17)18)2-4-14-10;;/h3*1-6H,(H,15,16)(H,17,18);1H;/q3*-2;;+8/p-6/b3*10-9-;;. The third kappa shape index (κ3) is 12.4. The van der Waals surface area contributed by atoms with E-state index in [1.807, 2.05) is 0 Å². The molecule has 18 nitrogen and oxygen atoms in total. The number of aliphatic carboxylic acids is 6. The Morgan fingerprint density at radius 2 is 0.446 bits per heavy atom. The fourth-order valence-electron chi connectivity index (χ4n) is 4.19. The summed E-state index contributed by atoms with van der Waals surface area (Å²) in [4.78, 5) is 64.2. The Labute approximate surface area is 337 Å². The second kappa shape index (κ2) is 20.8. The Balaban J connectivity index is 0.000000417. The molecule has 6 heterocycles. The summed E-state index contributed by atoms with van der Waals surface area (Å²) >= 11 is 0. The molecule has 0 radical (unpaired) electrons. The summed E-state index contributed by atoms with van der Waals surface area (Å²) in [5.41, 5.74) is 1.17. The van der Waals surface area contributed by atoms with Crippen molar-refractivity contribution >= 4 is 35.8 Å². The van der Waals surface area contributed by atoms with Crippen LogP contribution in [0.4, 0.5) is 0 Å². The van der Waals surface area contributed by atoms with Crippen LogP contribution in [-0.2, 0) is 48.2 Å². The number of nitrogens with zero attached hydrogens (tertiary/aromatic N) is 6. The molecule has 0 amide bonds. The second-order valence-corrected chi connectivity index (χ2v) is 10.3. The summed E-state index contributed by atoms with van der Waals surface area (Å²) in [5.74, 6) is -8.03. The molecule has 0 aromatic heterocycles. The molecule has 56 heavy (non-hydrogen) atoms. The molecule has 0 aromatic carbocycles. The van der Waals surface area contributed by atoms with Gasteiger partial charge in [0, 0.05) is 0 Å². The molecule has 0 spiro atoms. The van der Waals surface area contributed by atoms with Crippen LogP contribution in [0.15, 0.2) is 178 Å². The van der Waals surface area contributed by atoms with Gasteiger partial charge >= 0.3 is 20.9 Å². The topological polar surface area (TPSA) is 325 Å². The molecule has 6 rings (SSSR count). The Hall–Kier alpha value is -7.37. The molecular formula is C36H19ClN6O12Ru-4. The molecule has 0 bridgehead atoms. The number of allylic oxidation sites excluding steroid dienone is 6. The maximum atomic E-state index is 10.7. The van der Waals surface area contributed by atoms with Crippen LogP contribution in [0, 0.1) is 0 Å². The Morgan fingerprint density at radius 3 is 0.554 bits per heavy atom. The van der Waals surface area contributed by atoms with Crippen molar-refractivity contribution in [2.24, 2.45) is 0 Å². The van der Waals surface area contributed by atoms with Crippen molar-refractivity contribution in [3.8, 4) is 0 Å². The third-order valence-corrected chi connectivity index (χ3v) is 6.76. The fourth-order valence-corrected chi connectivity index (χ4v) is 4.19. The van der Waals surface area contributed by atoms with Crippen molar-refractivity contribution in [3.63, 3.8) is 0 Å². The average Bonchev–Trinajstić information content (AvgIpc) is 3.18. The molecule has 0 saturated heterocycles.